The summed E-state index contributed by atoms with van der Waals surface area (Å²) >= 11 is 0. The van der Waals surface area contributed by atoms with E-state index in [2.05, 4.69) is 63.7 Å². The number of hydrogen-bond acceptors (Lipinski definition) is 2. The summed E-state index contributed by atoms with van der Waals surface area (Å²) in [6.45, 7) is 2.86. The summed E-state index contributed by atoms with van der Waals surface area (Å²) < 4.78 is 0. The largest absolute Gasteiger partial charge is 0.371 e. The van der Waals surface area contributed by atoms with Crippen molar-refractivity contribution < 1.29 is 4.79 Å². The number of carbonyl (C=O) groups excluding carboxylic acids is 1. The normalized spacial score (nSPS) is 18.3. The van der Waals surface area contributed by atoms with E-state index < -0.39 is 0 Å². The molecule has 4 nitrogen and oxygen atoms in total. The third kappa shape index (κ3) is 3.52. The number of anilines is 1. The molecule has 0 bridgehead atoms. The number of aromatic amines is 1. The van der Waals surface area contributed by atoms with Crippen LogP contribution in [0.15, 0.2) is 48.5 Å². The van der Waals surface area contributed by atoms with Gasteiger partial charge in [-0.2, -0.15) is 0 Å². The van der Waals surface area contributed by atoms with Crippen LogP contribution < -0.4 is 10.2 Å². The summed E-state index contributed by atoms with van der Waals surface area (Å²) in [5.74, 6) is 0.137. The first kappa shape index (κ1) is 18.3. The number of aromatic nitrogens is 1. The zero-order chi connectivity index (χ0) is 19.6. The highest BCUT2D eigenvalue weighted by Gasteiger charge is 2.29. The van der Waals surface area contributed by atoms with Crippen molar-refractivity contribution in [2.45, 2.75) is 44.4 Å². The number of nitrogens with zero attached hydrogens (tertiary/aromatic N) is 1. The van der Waals surface area contributed by atoms with Gasteiger partial charge in [-0.15, -0.1) is 0 Å². The minimum absolute atomic E-state index is 0.0399. The fourth-order valence-electron chi connectivity index (χ4n) is 5.13. The molecular weight excluding hydrogens is 358 g/mol. The lowest BCUT2D eigenvalue weighted by Crippen LogP contribution is -2.35. The number of hydrogen-bond donors (Lipinski definition) is 2. The Balaban J connectivity index is 1.20. The van der Waals surface area contributed by atoms with Gasteiger partial charge in [0, 0.05) is 41.9 Å². The quantitative estimate of drug-likeness (QED) is 0.631. The number of benzene rings is 2. The van der Waals surface area contributed by atoms with Crippen molar-refractivity contribution in [3.05, 3.63) is 65.4 Å². The van der Waals surface area contributed by atoms with Gasteiger partial charge in [-0.05, 0) is 61.8 Å². The van der Waals surface area contributed by atoms with E-state index in [9.17, 15) is 4.79 Å². The van der Waals surface area contributed by atoms with Crippen molar-refractivity contribution in [1.29, 1.82) is 0 Å². The molecule has 5 rings (SSSR count). The molecular formula is C25H29N3O. The SMILES string of the molecule is O=C(NCCCN1CCCc2ccccc21)C1CCCc2c1[nH]c1ccccc21. The molecule has 2 aromatic carbocycles. The third-order valence-electron chi connectivity index (χ3n) is 6.54. The Hall–Kier alpha value is -2.75. The van der Waals surface area contributed by atoms with Crippen molar-refractivity contribution in [1.82, 2.24) is 10.3 Å². The molecule has 0 radical (unpaired) electrons. The van der Waals surface area contributed by atoms with Crippen LogP contribution in [0.2, 0.25) is 0 Å². The molecule has 1 amide bonds. The maximum atomic E-state index is 12.9. The van der Waals surface area contributed by atoms with E-state index >= 15 is 0 Å². The molecule has 2 aliphatic rings. The number of amides is 1. The second kappa shape index (κ2) is 7.94. The minimum Gasteiger partial charge on any atom is -0.371 e. The maximum absolute atomic E-state index is 12.9. The van der Waals surface area contributed by atoms with Gasteiger partial charge in [0.1, 0.15) is 0 Å². The van der Waals surface area contributed by atoms with Gasteiger partial charge in [0.15, 0.2) is 0 Å². The Morgan fingerprint density at radius 3 is 2.90 bits per heavy atom. The second-order valence-corrected chi connectivity index (χ2v) is 8.37. The van der Waals surface area contributed by atoms with Crippen LogP contribution in [0.3, 0.4) is 0 Å². The van der Waals surface area contributed by atoms with Crippen LogP contribution in [0.4, 0.5) is 5.69 Å². The Morgan fingerprint density at radius 2 is 1.93 bits per heavy atom. The number of carbonyl (C=O) groups is 1. The molecule has 1 aliphatic carbocycles. The van der Waals surface area contributed by atoms with E-state index in [1.807, 2.05) is 0 Å². The van der Waals surface area contributed by atoms with Crippen LogP contribution in [0.1, 0.15) is 48.4 Å². The van der Waals surface area contributed by atoms with Crippen LogP contribution in [0.5, 0.6) is 0 Å². The highest BCUT2D eigenvalue weighted by atomic mass is 16.1. The third-order valence-corrected chi connectivity index (χ3v) is 6.54. The fraction of sp³-hybridized carbons (Fsp3) is 0.400. The summed E-state index contributed by atoms with van der Waals surface area (Å²) in [5, 5.41) is 4.50. The fourth-order valence-corrected chi connectivity index (χ4v) is 5.13. The highest BCUT2D eigenvalue weighted by Crippen LogP contribution is 2.36. The maximum Gasteiger partial charge on any atom is 0.229 e. The van der Waals surface area contributed by atoms with Crippen LogP contribution in [-0.4, -0.2) is 30.5 Å². The number of nitrogens with one attached hydrogen (secondary N) is 2. The van der Waals surface area contributed by atoms with Crippen molar-refractivity contribution in [3.8, 4) is 0 Å². The summed E-state index contributed by atoms with van der Waals surface area (Å²) in [5.41, 5.74) is 6.47. The predicted molar refractivity (Wildman–Crippen MR) is 119 cm³/mol. The molecule has 2 heterocycles. The summed E-state index contributed by atoms with van der Waals surface area (Å²) in [4.78, 5) is 18.9. The number of fused-ring (bicyclic) bond motifs is 4. The Morgan fingerprint density at radius 1 is 1.07 bits per heavy atom. The first-order valence-corrected chi connectivity index (χ1v) is 11.0. The molecule has 0 spiro atoms. The van der Waals surface area contributed by atoms with E-state index in [1.54, 1.807) is 0 Å². The average Bonchev–Trinajstić information content (AvgIpc) is 3.15. The molecule has 1 aliphatic heterocycles. The molecule has 29 heavy (non-hydrogen) atoms. The Kier molecular flexibility index (Phi) is 5.01. The molecule has 1 unspecified atom stereocenters. The van der Waals surface area contributed by atoms with E-state index in [4.69, 9.17) is 0 Å². The van der Waals surface area contributed by atoms with Gasteiger partial charge in [-0.25, -0.2) is 0 Å². The van der Waals surface area contributed by atoms with Crippen LogP contribution in [0, 0.1) is 0 Å². The molecule has 2 N–H and O–H groups in total. The van der Waals surface area contributed by atoms with Gasteiger partial charge >= 0.3 is 0 Å². The summed E-state index contributed by atoms with van der Waals surface area (Å²) in [6, 6.07) is 17.1. The Bertz CT molecular complexity index is 1020. The van der Waals surface area contributed by atoms with Gasteiger partial charge in [0.25, 0.3) is 0 Å². The standard InChI is InChI=1S/C25H29N3O/c29-25(21-12-5-11-20-19-10-2-3-13-22(19)27-24(20)21)26-15-7-17-28-16-6-9-18-8-1-4-14-23(18)28/h1-4,8,10,13-14,21,27H,5-7,9,11-12,15-17H2,(H,26,29). The molecule has 1 aromatic heterocycles. The van der Waals surface area contributed by atoms with Crippen molar-refractivity contribution in [2.75, 3.05) is 24.5 Å². The van der Waals surface area contributed by atoms with Gasteiger partial charge in [-0.1, -0.05) is 36.4 Å². The number of para-hydroxylation sites is 2. The van der Waals surface area contributed by atoms with E-state index in [0.717, 1.165) is 56.5 Å². The molecule has 0 saturated heterocycles. The van der Waals surface area contributed by atoms with Crippen LogP contribution >= 0.6 is 0 Å². The minimum atomic E-state index is -0.0399. The second-order valence-electron chi connectivity index (χ2n) is 8.37. The number of H-pyrrole nitrogens is 1. The molecule has 150 valence electrons. The first-order valence-electron chi connectivity index (χ1n) is 11.0. The lowest BCUT2D eigenvalue weighted by molar-refractivity contribution is -0.122. The van der Waals surface area contributed by atoms with E-state index in [-0.39, 0.29) is 11.8 Å². The average molecular weight is 388 g/mol. The first-order chi connectivity index (χ1) is 14.3. The molecule has 0 saturated carbocycles. The van der Waals surface area contributed by atoms with E-state index in [0.29, 0.717) is 0 Å². The van der Waals surface area contributed by atoms with Crippen molar-refractivity contribution in [2.24, 2.45) is 0 Å². The van der Waals surface area contributed by atoms with Gasteiger partial charge in [0.2, 0.25) is 5.91 Å². The van der Waals surface area contributed by atoms with E-state index in [1.165, 1.54) is 35.0 Å². The highest BCUT2D eigenvalue weighted by molar-refractivity contribution is 5.90. The summed E-state index contributed by atoms with van der Waals surface area (Å²) in [7, 11) is 0. The monoisotopic (exact) mass is 387 g/mol. The molecule has 4 heteroatoms. The zero-order valence-corrected chi connectivity index (χ0v) is 16.9. The van der Waals surface area contributed by atoms with Crippen molar-refractivity contribution in [3.63, 3.8) is 0 Å². The van der Waals surface area contributed by atoms with Crippen molar-refractivity contribution >= 4 is 22.5 Å². The summed E-state index contributed by atoms with van der Waals surface area (Å²) in [6.07, 6.45) is 6.46. The van der Waals surface area contributed by atoms with Gasteiger partial charge in [0.05, 0.1) is 5.92 Å². The number of aryl methyl sites for hydroxylation is 2. The van der Waals surface area contributed by atoms with Gasteiger partial charge in [-0.3, -0.25) is 4.79 Å². The molecule has 0 fully saturated rings. The number of rotatable bonds is 5. The molecule has 3 aromatic rings. The zero-order valence-electron chi connectivity index (χ0n) is 16.9. The predicted octanol–water partition coefficient (Wildman–Crippen LogP) is 4.55. The topological polar surface area (TPSA) is 48.1 Å². The van der Waals surface area contributed by atoms with Gasteiger partial charge < -0.3 is 15.2 Å². The molecule has 1 atom stereocenters. The lowest BCUT2D eigenvalue weighted by Gasteiger charge is -2.31. The Labute approximate surface area is 172 Å². The van der Waals surface area contributed by atoms with Crippen LogP contribution in [-0.2, 0) is 17.6 Å². The van der Waals surface area contributed by atoms with Crippen LogP contribution in [0.25, 0.3) is 10.9 Å². The lowest BCUT2D eigenvalue weighted by atomic mass is 9.86. The smallest absolute Gasteiger partial charge is 0.229 e.